The van der Waals surface area contributed by atoms with Crippen molar-refractivity contribution in [2.45, 2.75) is 25.3 Å². The lowest BCUT2D eigenvalue weighted by Crippen LogP contribution is -2.39. The van der Waals surface area contributed by atoms with Gasteiger partial charge in [0.15, 0.2) is 0 Å². The highest BCUT2D eigenvalue weighted by molar-refractivity contribution is 5.92. The first kappa shape index (κ1) is 11.0. The van der Waals surface area contributed by atoms with Crippen molar-refractivity contribution in [3.05, 3.63) is 53.3 Å². The Balaban J connectivity index is 1.68. The maximum Gasteiger partial charge on any atom is 0.269 e. The van der Waals surface area contributed by atoms with Crippen LogP contribution in [0.5, 0.6) is 0 Å². The number of hydrogen-bond acceptors (Lipinski definition) is 2. The molecule has 0 fully saturated rings. The van der Waals surface area contributed by atoms with Crippen LogP contribution in [0, 0.1) is 0 Å². The molecule has 0 saturated heterocycles. The molecule has 1 aromatic carbocycles. The first-order valence-corrected chi connectivity index (χ1v) is 6.20. The molecule has 1 aliphatic carbocycles. The van der Waals surface area contributed by atoms with Gasteiger partial charge in [0.1, 0.15) is 5.69 Å². The van der Waals surface area contributed by atoms with Crippen LogP contribution < -0.4 is 5.32 Å². The average molecular weight is 241 g/mol. The maximum absolute atomic E-state index is 11.9. The van der Waals surface area contributed by atoms with E-state index in [4.69, 9.17) is 0 Å². The Kier molecular flexibility index (Phi) is 2.84. The number of aromatic amines is 1. The van der Waals surface area contributed by atoms with Crippen LogP contribution in [-0.2, 0) is 12.8 Å². The summed E-state index contributed by atoms with van der Waals surface area (Å²) >= 11 is 0. The molecule has 1 aliphatic rings. The quantitative estimate of drug-likeness (QED) is 0.840. The summed E-state index contributed by atoms with van der Waals surface area (Å²) in [4.78, 5) is 11.9. The molecule has 0 bridgehead atoms. The molecule has 0 radical (unpaired) electrons. The summed E-state index contributed by atoms with van der Waals surface area (Å²) in [5.74, 6) is -0.0723. The summed E-state index contributed by atoms with van der Waals surface area (Å²) in [6, 6.07) is 10.3. The standard InChI is InChI=1S/C14H15N3O/c18-14(13-7-8-15-17-13)16-12-6-5-10-3-1-2-4-11(10)9-12/h1-4,7-8,12H,5-6,9H2,(H,15,17)(H,16,18). The van der Waals surface area contributed by atoms with Crippen molar-refractivity contribution in [3.63, 3.8) is 0 Å². The van der Waals surface area contributed by atoms with E-state index in [1.807, 2.05) is 0 Å². The number of nitrogens with one attached hydrogen (secondary N) is 2. The van der Waals surface area contributed by atoms with Gasteiger partial charge in [0.2, 0.25) is 0 Å². The Morgan fingerprint density at radius 3 is 2.89 bits per heavy atom. The molecule has 2 N–H and O–H groups in total. The van der Waals surface area contributed by atoms with Crippen LogP contribution in [0.2, 0.25) is 0 Å². The zero-order valence-corrected chi connectivity index (χ0v) is 10.0. The van der Waals surface area contributed by atoms with E-state index in [9.17, 15) is 4.79 Å². The van der Waals surface area contributed by atoms with Gasteiger partial charge in [-0.1, -0.05) is 24.3 Å². The minimum Gasteiger partial charge on any atom is -0.348 e. The molecule has 92 valence electrons. The van der Waals surface area contributed by atoms with Crippen molar-refractivity contribution in [1.29, 1.82) is 0 Å². The van der Waals surface area contributed by atoms with Gasteiger partial charge in [0.05, 0.1) is 0 Å². The summed E-state index contributed by atoms with van der Waals surface area (Å²) in [6.07, 6.45) is 4.53. The third kappa shape index (κ3) is 2.14. The van der Waals surface area contributed by atoms with Crippen molar-refractivity contribution in [1.82, 2.24) is 15.5 Å². The number of nitrogens with zero attached hydrogens (tertiary/aromatic N) is 1. The number of H-pyrrole nitrogens is 1. The van der Waals surface area contributed by atoms with Crippen LogP contribution in [0.3, 0.4) is 0 Å². The molecule has 0 spiro atoms. The van der Waals surface area contributed by atoms with E-state index in [0.29, 0.717) is 5.69 Å². The second-order valence-corrected chi connectivity index (χ2v) is 4.65. The fourth-order valence-electron chi connectivity index (χ4n) is 2.47. The molecule has 1 heterocycles. The molecule has 0 saturated carbocycles. The third-order valence-electron chi connectivity index (χ3n) is 3.43. The van der Waals surface area contributed by atoms with Crippen molar-refractivity contribution in [2.24, 2.45) is 0 Å². The van der Waals surface area contributed by atoms with Crippen molar-refractivity contribution in [3.8, 4) is 0 Å². The van der Waals surface area contributed by atoms with Gasteiger partial charge >= 0.3 is 0 Å². The predicted molar refractivity (Wildman–Crippen MR) is 68.3 cm³/mol. The molecule has 1 atom stereocenters. The van der Waals surface area contributed by atoms with Crippen molar-refractivity contribution >= 4 is 5.91 Å². The molecule has 1 unspecified atom stereocenters. The van der Waals surface area contributed by atoms with E-state index in [1.165, 1.54) is 11.1 Å². The average Bonchev–Trinajstić information content (AvgIpc) is 2.92. The summed E-state index contributed by atoms with van der Waals surface area (Å²) in [7, 11) is 0. The lowest BCUT2D eigenvalue weighted by Gasteiger charge is -2.25. The molecule has 4 nitrogen and oxygen atoms in total. The van der Waals surface area contributed by atoms with E-state index < -0.39 is 0 Å². The molecule has 0 aliphatic heterocycles. The van der Waals surface area contributed by atoms with Gasteiger partial charge in [-0.15, -0.1) is 0 Å². The van der Waals surface area contributed by atoms with Gasteiger partial charge in [-0.3, -0.25) is 9.89 Å². The number of aromatic nitrogens is 2. The van der Waals surface area contributed by atoms with E-state index >= 15 is 0 Å². The molecular formula is C14H15N3O. The van der Waals surface area contributed by atoms with Gasteiger partial charge in [0.25, 0.3) is 5.91 Å². The number of fused-ring (bicyclic) bond motifs is 1. The summed E-state index contributed by atoms with van der Waals surface area (Å²) < 4.78 is 0. The Bertz CT molecular complexity index is 548. The van der Waals surface area contributed by atoms with Gasteiger partial charge in [-0.05, 0) is 36.5 Å². The Morgan fingerprint density at radius 1 is 1.28 bits per heavy atom. The fraction of sp³-hybridized carbons (Fsp3) is 0.286. The van der Waals surface area contributed by atoms with Crippen LogP contribution >= 0.6 is 0 Å². The molecule has 4 heteroatoms. The number of hydrogen-bond donors (Lipinski definition) is 2. The summed E-state index contributed by atoms with van der Waals surface area (Å²) in [6.45, 7) is 0. The molecule has 1 aromatic heterocycles. The SMILES string of the molecule is O=C(NC1CCc2ccccc2C1)c1ccn[nH]1. The van der Waals surface area contributed by atoms with Crippen molar-refractivity contribution < 1.29 is 4.79 Å². The number of carbonyl (C=O) groups excluding carboxylic acids is 1. The zero-order chi connectivity index (χ0) is 12.4. The van der Waals surface area contributed by atoms with E-state index in [2.05, 4.69) is 39.8 Å². The fourth-order valence-corrected chi connectivity index (χ4v) is 2.47. The van der Waals surface area contributed by atoms with Gasteiger partial charge < -0.3 is 5.32 Å². The molecule has 1 amide bonds. The first-order valence-electron chi connectivity index (χ1n) is 6.20. The minimum atomic E-state index is -0.0723. The number of benzene rings is 1. The first-order chi connectivity index (χ1) is 8.83. The zero-order valence-electron chi connectivity index (χ0n) is 10.0. The second-order valence-electron chi connectivity index (χ2n) is 4.65. The molecular weight excluding hydrogens is 226 g/mol. The topological polar surface area (TPSA) is 57.8 Å². The van der Waals surface area contributed by atoms with Gasteiger partial charge in [-0.25, -0.2) is 0 Å². The van der Waals surface area contributed by atoms with Crippen LogP contribution in [0.15, 0.2) is 36.5 Å². The molecule has 2 aromatic rings. The van der Waals surface area contributed by atoms with Gasteiger partial charge in [0, 0.05) is 12.2 Å². The van der Waals surface area contributed by atoms with E-state index in [0.717, 1.165) is 19.3 Å². The van der Waals surface area contributed by atoms with E-state index in [1.54, 1.807) is 12.3 Å². The van der Waals surface area contributed by atoms with Crippen LogP contribution in [0.4, 0.5) is 0 Å². The van der Waals surface area contributed by atoms with Crippen LogP contribution in [-0.4, -0.2) is 22.1 Å². The molecule has 3 rings (SSSR count). The smallest absolute Gasteiger partial charge is 0.269 e. The maximum atomic E-state index is 11.9. The normalized spacial score (nSPS) is 18.1. The number of carbonyl (C=O) groups is 1. The monoisotopic (exact) mass is 241 g/mol. The number of aryl methyl sites for hydroxylation is 1. The Morgan fingerprint density at radius 2 is 2.11 bits per heavy atom. The Hall–Kier alpha value is -2.10. The minimum absolute atomic E-state index is 0.0723. The molecule has 18 heavy (non-hydrogen) atoms. The Labute approximate surface area is 105 Å². The lowest BCUT2D eigenvalue weighted by atomic mass is 9.88. The van der Waals surface area contributed by atoms with Crippen molar-refractivity contribution in [2.75, 3.05) is 0 Å². The highest BCUT2D eigenvalue weighted by Crippen LogP contribution is 2.21. The number of rotatable bonds is 2. The van der Waals surface area contributed by atoms with Crippen LogP contribution in [0.25, 0.3) is 0 Å². The second kappa shape index (κ2) is 4.64. The largest absolute Gasteiger partial charge is 0.348 e. The lowest BCUT2D eigenvalue weighted by molar-refractivity contribution is 0.0928. The summed E-state index contributed by atoms with van der Waals surface area (Å²) in [5.41, 5.74) is 3.28. The predicted octanol–water partition coefficient (Wildman–Crippen LogP) is 1.70. The van der Waals surface area contributed by atoms with E-state index in [-0.39, 0.29) is 11.9 Å². The highest BCUT2D eigenvalue weighted by Gasteiger charge is 2.20. The number of amides is 1. The van der Waals surface area contributed by atoms with Gasteiger partial charge in [-0.2, -0.15) is 5.10 Å². The van der Waals surface area contributed by atoms with Crippen LogP contribution in [0.1, 0.15) is 28.0 Å². The summed E-state index contributed by atoms with van der Waals surface area (Å²) in [5, 5.41) is 9.52. The third-order valence-corrected chi connectivity index (χ3v) is 3.43. The highest BCUT2D eigenvalue weighted by atomic mass is 16.2.